The van der Waals surface area contributed by atoms with Crippen LogP contribution in [0.1, 0.15) is 18.9 Å². The number of allylic oxidation sites excluding steroid dienone is 2. The lowest BCUT2D eigenvalue weighted by Gasteiger charge is -2.31. The van der Waals surface area contributed by atoms with Gasteiger partial charge in [0.2, 0.25) is 0 Å². The van der Waals surface area contributed by atoms with Crippen LogP contribution in [0, 0.1) is 17.2 Å². The summed E-state index contributed by atoms with van der Waals surface area (Å²) < 4.78 is 5.94. The van der Waals surface area contributed by atoms with E-state index < -0.39 is 5.60 Å². The van der Waals surface area contributed by atoms with Crippen LogP contribution in [0.15, 0.2) is 54.6 Å². The van der Waals surface area contributed by atoms with Crippen LogP contribution in [0.3, 0.4) is 0 Å². The van der Waals surface area contributed by atoms with Gasteiger partial charge in [0, 0.05) is 6.61 Å². The van der Waals surface area contributed by atoms with Gasteiger partial charge in [-0.05, 0) is 25.3 Å². The van der Waals surface area contributed by atoms with Crippen molar-refractivity contribution in [1.82, 2.24) is 0 Å². The monoisotopic (exact) mass is 253 g/mol. The van der Waals surface area contributed by atoms with Gasteiger partial charge in [-0.3, -0.25) is 0 Å². The Morgan fingerprint density at radius 2 is 2.05 bits per heavy atom. The molecule has 19 heavy (non-hydrogen) atoms. The van der Waals surface area contributed by atoms with Gasteiger partial charge in [0.25, 0.3) is 0 Å². The maximum Gasteiger partial charge on any atom is 0.103 e. The SMILES string of the molecule is CC1(OCCCc2ccccc2)C=CC=CC1C#N. The van der Waals surface area contributed by atoms with Crippen LogP contribution in [0.4, 0.5) is 0 Å². The third kappa shape index (κ3) is 3.56. The zero-order chi connectivity index (χ0) is 13.6. The molecule has 0 fully saturated rings. The first kappa shape index (κ1) is 13.6. The van der Waals surface area contributed by atoms with Crippen LogP contribution in [0.25, 0.3) is 0 Å². The lowest BCUT2D eigenvalue weighted by atomic mass is 9.86. The summed E-state index contributed by atoms with van der Waals surface area (Å²) in [4.78, 5) is 0. The van der Waals surface area contributed by atoms with Gasteiger partial charge in [0.05, 0.1) is 12.0 Å². The van der Waals surface area contributed by atoms with Crippen LogP contribution in [-0.4, -0.2) is 12.2 Å². The number of aryl methyl sites for hydroxylation is 1. The molecule has 0 saturated heterocycles. The zero-order valence-corrected chi connectivity index (χ0v) is 11.3. The Bertz CT molecular complexity index is 498. The average Bonchev–Trinajstić information content (AvgIpc) is 2.45. The molecule has 0 saturated carbocycles. The lowest BCUT2D eigenvalue weighted by Crippen LogP contribution is -2.35. The molecule has 1 aromatic carbocycles. The molecule has 2 atom stereocenters. The third-order valence-electron chi connectivity index (χ3n) is 3.46. The van der Waals surface area contributed by atoms with Crippen LogP contribution < -0.4 is 0 Å². The Balaban J connectivity index is 1.81. The number of rotatable bonds is 5. The van der Waals surface area contributed by atoms with E-state index in [4.69, 9.17) is 10.00 Å². The summed E-state index contributed by atoms with van der Waals surface area (Å²) in [5.74, 6) is -0.200. The van der Waals surface area contributed by atoms with E-state index in [9.17, 15) is 0 Å². The van der Waals surface area contributed by atoms with E-state index in [1.165, 1.54) is 5.56 Å². The molecule has 1 aliphatic rings. The zero-order valence-electron chi connectivity index (χ0n) is 11.3. The third-order valence-corrected chi connectivity index (χ3v) is 3.46. The van der Waals surface area contributed by atoms with Gasteiger partial charge in [-0.1, -0.05) is 54.6 Å². The average molecular weight is 253 g/mol. The van der Waals surface area contributed by atoms with Crippen LogP contribution in [0.5, 0.6) is 0 Å². The van der Waals surface area contributed by atoms with Gasteiger partial charge < -0.3 is 4.74 Å². The van der Waals surface area contributed by atoms with Crippen LogP contribution >= 0.6 is 0 Å². The highest BCUT2D eigenvalue weighted by Crippen LogP contribution is 2.27. The van der Waals surface area contributed by atoms with Gasteiger partial charge in [-0.2, -0.15) is 5.26 Å². The summed E-state index contributed by atoms with van der Waals surface area (Å²) in [5.41, 5.74) is 0.840. The van der Waals surface area contributed by atoms with E-state index >= 15 is 0 Å². The molecule has 98 valence electrons. The molecule has 0 aliphatic heterocycles. The van der Waals surface area contributed by atoms with Crippen molar-refractivity contribution < 1.29 is 4.74 Å². The minimum absolute atomic E-state index is 0.200. The molecule has 1 aromatic rings. The highest BCUT2D eigenvalue weighted by atomic mass is 16.5. The Labute approximate surface area is 115 Å². The van der Waals surface area contributed by atoms with Crippen molar-refractivity contribution in [2.24, 2.45) is 5.92 Å². The molecule has 0 bridgehead atoms. The molecule has 2 rings (SSSR count). The quantitative estimate of drug-likeness (QED) is 0.750. The second kappa shape index (κ2) is 6.36. The van der Waals surface area contributed by atoms with Gasteiger partial charge in [0.1, 0.15) is 5.60 Å². The van der Waals surface area contributed by atoms with Crippen molar-refractivity contribution in [2.45, 2.75) is 25.4 Å². The molecule has 0 heterocycles. The molecule has 2 unspecified atom stereocenters. The number of hydrogen-bond acceptors (Lipinski definition) is 2. The van der Waals surface area contributed by atoms with Gasteiger partial charge >= 0.3 is 0 Å². The van der Waals surface area contributed by atoms with Gasteiger partial charge in [-0.25, -0.2) is 0 Å². The van der Waals surface area contributed by atoms with Crippen molar-refractivity contribution in [1.29, 1.82) is 5.26 Å². The molecule has 2 heteroatoms. The predicted molar refractivity (Wildman–Crippen MR) is 76.5 cm³/mol. The van der Waals surface area contributed by atoms with E-state index in [1.54, 1.807) is 0 Å². The second-order valence-corrected chi connectivity index (χ2v) is 4.97. The minimum Gasteiger partial charge on any atom is -0.369 e. The van der Waals surface area contributed by atoms with Crippen molar-refractivity contribution in [3.63, 3.8) is 0 Å². The second-order valence-electron chi connectivity index (χ2n) is 4.97. The summed E-state index contributed by atoms with van der Waals surface area (Å²) in [6, 6.07) is 12.7. The number of hydrogen-bond donors (Lipinski definition) is 0. The van der Waals surface area contributed by atoms with Gasteiger partial charge in [0.15, 0.2) is 0 Å². The molecule has 0 radical (unpaired) electrons. The Morgan fingerprint density at radius 3 is 2.79 bits per heavy atom. The molecule has 0 spiro atoms. The van der Waals surface area contributed by atoms with Crippen LogP contribution in [-0.2, 0) is 11.2 Å². The maximum atomic E-state index is 9.15. The maximum absolute atomic E-state index is 9.15. The van der Waals surface area contributed by atoms with E-state index in [0.717, 1.165) is 12.8 Å². The fourth-order valence-corrected chi connectivity index (χ4v) is 2.24. The summed E-state index contributed by atoms with van der Waals surface area (Å²) >= 11 is 0. The molecule has 0 N–H and O–H groups in total. The number of ether oxygens (including phenoxy) is 1. The van der Waals surface area contributed by atoms with Gasteiger partial charge in [-0.15, -0.1) is 0 Å². The fourth-order valence-electron chi connectivity index (χ4n) is 2.24. The number of nitriles is 1. The highest BCUT2D eigenvalue weighted by Gasteiger charge is 2.32. The minimum atomic E-state index is -0.486. The van der Waals surface area contributed by atoms with E-state index in [1.807, 2.05) is 37.3 Å². The van der Waals surface area contributed by atoms with E-state index in [-0.39, 0.29) is 5.92 Å². The Hall–Kier alpha value is -1.85. The Morgan fingerprint density at radius 1 is 1.26 bits per heavy atom. The van der Waals surface area contributed by atoms with Crippen molar-refractivity contribution in [3.05, 3.63) is 60.2 Å². The van der Waals surface area contributed by atoms with Crippen molar-refractivity contribution in [3.8, 4) is 6.07 Å². The highest BCUT2D eigenvalue weighted by molar-refractivity contribution is 5.25. The molecule has 0 amide bonds. The fraction of sp³-hybridized carbons (Fsp3) is 0.353. The molecular formula is C17H19NO. The largest absolute Gasteiger partial charge is 0.369 e. The summed E-state index contributed by atoms with van der Waals surface area (Å²) in [7, 11) is 0. The standard InChI is InChI=1S/C17H19NO/c1-17(12-6-5-11-16(17)14-18)19-13-7-10-15-8-3-2-4-9-15/h2-6,8-9,11-12,16H,7,10,13H2,1H3. The lowest BCUT2D eigenvalue weighted by molar-refractivity contribution is -0.0125. The van der Waals surface area contributed by atoms with Crippen molar-refractivity contribution in [2.75, 3.05) is 6.61 Å². The topological polar surface area (TPSA) is 33.0 Å². The van der Waals surface area contributed by atoms with E-state index in [0.29, 0.717) is 6.61 Å². The van der Waals surface area contributed by atoms with Crippen LogP contribution in [0.2, 0.25) is 0 Å². The smallest absolute Gasteiger partial charge is 0.103 e. The summed E-state index contributed by atoms with van der Waals surface area (Å²) in [6.45, 7) is 2.64. The first-order valence-corrected chi connectivity index (χ1v) is 6.68. The van der Waals surface area contributed by atoms with Crippen molar-refractivity contribution >= 4 is 0 Å². The molecule has 2 nitrogen and oxygen atoms in total. The number of nitrogens with zero attached hydrogens (tertiary/aromatic N) is 1. The number of benzene rings is 1. The first-order chi connectivity index (χ1) is 9.24. The first-order valence-electron chi connectivity index (χ1n) is 6.68. The normalized spacial score (nSPS) is 25.2. The Kier molecular flexibility index (Phi) is 4.54. The summed E-state index contributed by atoms with van der Waals surface area (Å²) in [6.07, 6.45) is 9.71. The van der Waals surface area contributed by atoms with E-state index in [2.05, 4.69) is 30.3 Å². The molecular weight excluding hydrogens is 234 g/mol. The molecule has 1 aliphatic carbocycles. The predicted octanol–water partition coefficient (Wildman–Crippen LogP) is 3.66. The molecule has 0 aromatic heterocycles. The summed E-state index contributed by atoms with van der Waals surface area (Å²) in [5, 5.41) is 9.15.